The van der Waals surface area contributed by atoms with Crippen LogP contribution in [-0.4, -0.2) is 12.1 Å². The van der Waals surface area contributed by atoms with Crippen molar-refractivity contribution < 1.29 is 9.53 Å². The number of carbonyl (C=O) groups excluding carboxylic acids is 1. The van der Waals surface area contributed by atoms with Crippen molar-refractivity contribution in [3.05, 3.63) is 0 Å². The molecule has 2 unspecified atom stereocenters. The Morgan fingerprint density at radius 2 is 2.06 bits per heavy atom. The standard InChI is InChI=1S/C15H28O2/c1-6-7-14(16)17-13-10-12(11(2)3)8-9-15(13,4)5/h11-13H,6-10H2,1-5H3. The number of carbonyl (C=O) groups is 1. The largest absolute Gasteiger partial charge is 0.462 e. The van der Waals surface area contributed by atoms with E-state index in [2.05, 4.69) is 27.7 Å². The third kappa shape index (κ3) is 4.01. The lowest BCUT2D eigenvalue weighted by Crippen LogP contribution is -2.40. The summed E-state index contributed by atoms with van der Waals surface area (Å²) in [5.41, 5.74) is 0.148. The summed E-state index contributed by atoms with van der Waals surface area (Å²) in [4.78, 5) is 11.7. The Balaban J connectivity index is 2.61. The molecular formula is C15H28O2. The van der Waals surface area contributed by atoms with Crippen molar-refractivity contribution in [1.29, 1.82) is 0 Å². The van der Waals surface area contributed by atoms with Crippen LogP contribution < -0.4 is 0 Å². The molecule has 0 heterocycles. The molecule has 1 saturated carbocycles. The van der Waals surface area contributed by atoms with Crippen LogP contribution in [0.5, 0.6) is 0 Å². The van der Waals surface area contributed by atoms with Gasteiger partial charge in [0, 0.05) is 11.8 Å². The molecule has 0 radical (unpaired) electrons. The second-order valence-electron chi connectivity index (χ2n) is 6.50. The number of hydrogen-bond donors (Lipinski definition) is 0. The Kier molecular flexibility index (Phi) is 5.03. The molecule has 1 aliphatic carbocycles. The van der Waals surface area contributed by atoms with Crippen LogP contribution in [0.4, 0.5) is 0 Å². The van der Waals surface area contributed by atoms with Crippen LogP contribution >= 0.6 is 0 Å². The summed E-state index contributed by atoms with van der Waals surface area (Å²) in [6.07, 6.45) is 5.02. The molecule has 1 aliphatic rings. The summed E-state index contributed by atoms with van der Waals surface area (Å²) < 4.78 is 5.69. The van der Waals surface area contributed by atoms with Crippen molar-refractivity contribution in [2.45, 2.75) is 72.8 Å². The molecule has 0 aromatic heterocycles. The Bertz CT molecular complexity index is 256. The van der Waals surface area contributed by atoms with E-state index >= 15 is 0 Å². The van der Waals surface area contributed by atoms with Gasteiger partial charge in [0.2, 0.25) is 0 Å². The van der Waals surface area contributed by atoms with Gasteiger partial charge in [-0.2, -0.15) is 0 Å². The molecule has 0 aliphatic heterocycles. The normalized spacial score (nSPS) is 28.1. The number of ether oxygens (including phenoxy) is 1. The zero-order valence-electron chi connectivity index (χ0n) is 12.1. The monoisotopic (exact) mass is 240 g/mol. The number of rotatable bonds is 4. The molecule has 0 amide bonds. The topological polar surface area (TPSA) is 26.3 Å². The maximum absolute atomic E-state index is 11.7. The van der Waals surface area contributed by atoms with Crippen molar-refractivity contribution in [2.75, 3.05) is 0 Å². The summed E-state index contributed by atoms with van der Waals surface area (Å²) in [5, 5.41) is 0. The Hall–Kier alpha value is -0.530. The van der Waals surface area contributed by atoms with Crippen LogP contribution in [0.1, 0.15) is 66.7 Å². The predicted octanol–water partition coefficient (Wildman–Crippen LogP) is 4.18. The number of hydrogen-bond acceptors (Lipinski definition) is 2. The smallest absolute Gasteiger partial charge is 0.306 e. The summed E-state index contributed by atoms with van der Waals surface area (Å²) in [5.74, 6) is 1.39. The lowest BCUT2D eigenvalue weighted by atomic mass is 9.68. The first kappa shape index (κ1) is 14.5. The fourth-order valence-corrected chi connectivity index (χ4v) is 2.67. The lowest BCUT2D eigenvalue weighted by molar-refractivity contribution is -0.160. The Labute approximate surface area is 106 Å². The van der Waals surface area contributed by atoms with Crippen LogP contribution in [0.15, 0.2) is 0 Å². The van der Waals surface area contributed by atoms with Gasteiger partial charge in [0.25, 0.3) is 0 Å². The number of esters is 1. The van der Waals surface area contributed by atoms with Crippen LogP contribution in [-0.2, 0) is 9.53 Å². The van der Waals surface area contributed by atoms with E-state index < -0.39 is 0 Å². The SMILES string of the molecule is CCCC(=O)OC1CC(C(C)C)CCC1(C)C. The summed E-state index contributed by atoms with van der Waals surface area (Å²) in [6.45, 7) is 11.0. The average Bonchev–Trinajstić information content (AvgIpc) is 2.21. The first-order valence-corrected chi connectivity index (χ1v) is 7.06. The minimum Gasteiger partial charge on any atom is -0.462 e. The maximum Gasteiger partial charge on any atom is 0.306 e. The van der Waals surface area contributed by atoms with Crippen molar-refractivity contribution >= 4 is 5.97 Å². The van der Waals surface area contributed by atoms with Gasteiger partial charge in [-0.1, -0.05) is 34.6 Å². The molecule has 2 nitrogen and oxygen atoms in total. The van der Waals surface area contributed by atoms with Crippen molar-refractivity contribution in [3.63, 3.8) is 0 Å². The van der Waals surface area contributed by atoms with E-state index in [1.807, 2.05) is 6.92 Å². The molecule has 1 fully saturated rings. The van der Waals surface area contributed by atoms with Gasteiger partial charge in [-0.15, -0.1) is 0 Å². The van der Waals surface area contributed by atoms with Crippen molar-refractivity contribution in [1.82, 2.24) is 0 Å². The molecule has 0 aromatic rings. The van der Waals surface area contributed by atoms with E-state index in [0.717, 1.165) is 12.8 Å². The van der Waals surface area contributed by atoms with E-state index in [9.17, 15) is 4.79 Å². The van der Waals surface area contributed by atoms with Gasteiger partial charge in [-0.3, -0.25) is 4.79 Å². The van der Waals surface area contributed by atoms with E-state index in [0.29, 0.717) is 18.3 Å². The van der Waals surface area contributed by atoms with Gasteiger partial charge in [0.05, 0.1) is 0 Å². The maximum atomic E-state index is 11.7. The van der Waals surface area contributed by atoms with E-state index in [1.54, 1.807) is 0 Å². The lowest BCUT2D eigenvalue weighted by Gasteiger charge is -2.42. The van der Waals surface area contributed by atoms with Crippen LogP contribution in [0.25, 0.3) is 0 Å². The molecule has 0 spiro atoms. The molecule has 0 aromatic carbocycles. The van der Waals surface area contributed by atoms with Gasteiger partial charge >= 0.3 is 5.97 Å². The van der Waals surface area contributed by atoms with Gasteiger partial charge in [0.15, 0.2) is 0 Å². The predicted molar refractivity (Wildman–Crippen MR) is 70.7 cm³/mol. The molecule has 17 heavy (non-hydrogen) atoms. The Morgan fingerprint density at radius 3 is 2.59 bits per heavy atom. The highest BCUT2D eigenvalue weighted by atomic mass is 16.5. The molecule has 2 atom stereocenters. The highest BCUT2D eigenvalue weighted by Gasteiger charge is 2.39. The van der Waals surface area contributed by atoms with Gasteiger partial charge in [-0.05, 0) is 37.5 Å². The Morgan fingerprint density at radius 1 is 1.41 bits per heavy atom. The average molecular weight is 240 g/mol. The molecule has 2 heteroatoms. The first-order valence-electron chi connectivity index (χ1n) is 7.06. The van der Waals surface area contributed by atoms with Crippen molar-refractivity contribution in [2.24, 2.45) is 17.3 Å². The molecular weight excluding hydrogens is 212 g/mol. The first-order chi connectivity index (χ1) is 7.86. The minimum absolute atomic E-state index is 0.0185. The summed E-state index contributed by atoms with van der Waals surface area (Å²) in [7, 11) is 0. The quantitative estimate of drug-likeness (QED) is 0.689. The van der Waals surface area contributed by atoms with Gasteiger partial charge < -0.3 is 4.74 Å². The highest BCUT2D eigenvalue weighted by Crippen LogP contribution is 2.42. The second-order valence-corrected chi connectivity index (χ2v) is 6.50. The summed E-state index contributed by atoms with van der Waals surface area (Å²) >= 11 is 0. The van der Waals surface area contributed by atoms with Gasteiger partial charge in [0.1, 0.15) is 6.10 Å². The van der Waals surface area contributed by atoms with Crippen LogP contribution in [0.2, 0.25) is 0 Å². The molecule has 0 bridgehead atoms. The second kappa shape index (κ2) is 5.88. The van der Waals surface area contributed by atoms with E-state index in [4.69, 9.17) is 4.74 Å². The van der Waals surface area contributed by atoms with Crippen molar-refractivity contribution in [3.8, 4) is 0 Å². The van der Waals surface area contributed by atoms with E-state index in [1.165, 1.54) is 12.8 Å². The molecule has 0 N–H and O–H groups in total. The minimum atomic E-state index is -0.0185. The fraction of sp³-hybridized carbons (Fsp3) is 0.933. The van der Waals surface area contributed by atoms with Crippen LogP contribution in [0, 0.1) is 17.3 Å². The molecule has 0 saturated heterocycles. The zero-order chi connectivity index (χ0) is 13.1. The van der Waals surface area contributed by atoms with E-state index in [-0.39, 0.29) is 17.5 Å². The van der Waals surface area contributed by atoms with Gasteiger partial charge in [-0.25, -0.2) is 0 Å². The molecule has 1 rings (SSSR count). The third-order valence-corrected chi connectivity index (χ3v) is 4.22. The summed E-state index contributed by atoms with van der Waals surface area (Å²) in [6, 6.07) is 0. The highest BCUT2D eigenvalue weighted by molar-refractivity contribution is 5.69. The third-order valence-electron chi connectivity index (χ3n) is 4.22. The molecule has 100 valence electrons. The fourth-order valence-electron chi connectivity index (χ4n) is 2.67. The zero-order valence-corrected chi connectivity index (χ0v) is 12.1. The van der Waals surface area contributed by atoms with Crippen LogP contribution in [0.3, 0.4) is 0 Å².